The molecule has 0 saturated carbocycles. The molecule has 3 heteroatoms. The molecule has 100 valence electrons. The zero-order valence-electron chi connectivity index (χ0n) is 11.3. The topological polar surface area (TPSA) is 44.9 Å². The number of carbonyl (C=O) groups is 1. The number of fused-ring (bicyclic) bond motifs is 1. The minimum Gasteiger partial charge on any atom is -0.360 e. The Morgan fingerprint density at radius 3 is 2.65 bits per heavy atom. The number of likely N-dealkylation sites (N-methyl/N-ethyl adjacent to an activating group) is 1. The summed E-state index contributed by atoms with van der Waals surface area (Å²) < 4.78 is 0. The maximum absolute atomic E-state index is 12.1. The first-order valence-corrected chi connectivity index (χ1v) is 6.64. The molecule has 0 fully saturated rings. The van der Waals surface area contributed by atoms with E-state index in [4.69, 9.17) is 0 Å². The Morgan fingerprint density at radius 1 is 1.10 bits per heavy atom. The third-order valence-corrected chi connectivity index (χ3v) is 3.43. The van der Waals surface area contributed by atoms with Crippen molar-refractivity contribution in [1.82, 2.24) is 10.3 Å². The number of aromatic amines is 1. The lowest BCUT2D eigenvalue weighted by molar-refractivity contribution is 0.0995. The molecule has 0 atom stereocenters. The second kappa shape index (κ2) is 5.31. The number of H-pyrrole nitrogens is 1. The van der Waals surface area contributed by atoms with Crippen LogP contribution in [-0.2, 0) is 0 Å². The van der Waals surface area contributed by atoms with Gasteiger partial charge in [-0.1, -0.05) is 36.4 Å². The molecule has 2 aromatic carbocycles. The summed E-state index contributed by atoms with van der Waals surface area (Å²) >= 11 is 0. The molecule has 2 N–H and O–H groups in total. The van der Waals surface area contributed by atoms with E-state index in [-0.39, 0.29) is 5.78 Å². The Kier molecular flexibility index (Phi) is 3.35. The van der Waals surface area contributed by atoms with Crippen LogP contribution >= 0.6 is 0 Å². The van der Waals surface area contributed by atoms with E-state index in [0.717, 1.165) is 27.6 Å². The summed E-state index contributed by atoms with van der Waals surface area (Å²) in [5.41, 5.74) is 4.01. The summed E-state index contributed by atoms with van der Waals surface area (Å²) in [4.78, 5) is 15.2. The van der Waals surface area contributed by atoms with Crippen molar-refractivity contribution in [3.05, 3.63) is 60.3 Å². The van der Waals surface area contributed by atoms with Gasteiger partial charge in [0.1, 0.15) is 0 Å². The Morgan fingerprint density at radius 2 is 1.90 bits per heavy atom. The van der Waals surface area contributed by atoms with Crippen molar-refractivity contribution in [2.45, 2.75) is 0 Å². The van der Waals surface area contributed by atoms with Gasteiger partial charge in [0.2, 0.25) is 0 Å². The summed E-state index contributed by atoms with van der Waals surface area (Å²) in [5, 5.41) is 3.88. The molecule has 3 aromatic rings. The van der Waals surface area contributed by atoms with Crippen LogP contribution in [0.4, 0.5) is 0 Å². The number of carbonyl (C=O) groups excluding carboxylic acids is 1. The predicted octanol–water partition coefficient (Wildman–Crippen LogP) is 3.24. The quantitative estimate of drug-likeness (QED) is 0.711. The van der Waals surface area contributed by atoms with E-state index in [1.807, 2.05) is 24.3 Å². The molecule has 0 bridgehead atoms. The van der Waals surface area contributed by atoms with Crippen molar-refractivity contribution >= 4 is 16.7 Å². The van der Waals surface area contributed by atoms with Crippen LogP contribution in [-0.4, -0.2) is 24.4 Å². The van der Waals surface area contributed by atoms with Gasteiger partial charge >= 0.3 is 0 Å². The van der Waals surface area contributed by atoms with E-state index < -0.39 is 0 Å². The molecule has 0 amide bonds. The van der Waals surface area contributed by atoms with Crippen LogP contribution in [0.25, 0.3) is 22.0 Å². The van der Waals surface area contributed by atoms with Gasteiger partial charge in [0.25, 0.3) is 0 Å². The van der Waals surface area contributed by atoms with Crippen LogP contribution in [0.15, 0.2) is 54.7 Å². The van der Waals surface area contributed by atoms with Gasteiger partial charge in [0.05, 0.1) is 6.54 Å². The first-order chi connectivity index (χ1) is 9.79. The van der Waals surface area contributed by atoms with Gasteiger partial charge in [0.15, 0.2) is 5.78 Å². The minimum atomic E-state index is 0.101. The molecule has 0 aliphatic heterocycles. The van der Waals surface area contributed by atoms with Crippen molar-refractivity contribution in [2.24, 2.45) is 0 Å². The monoisotopic (exact) mass is 264 g/mol. The van der Waals surface area contributed by atoms with Gasteiger partial charge in [-0.05, 0) is 30.3 Å². The molecule has 0 aliphatic rings. The molecule has 0 aliphatic carbocycles. The molecular weight excluding hydrogens is 248 g/mol. The Balaban J connectivity index is 2.10. The fraction of sp³-hybridized carbons (Fsp3) is 0.118. The molecule has 3 rings (SSSR count). The normalized spacial score (nSPS) is 10.8. The maximum atomic E-state index is 12.1. The van der Waals surface area contributed by atoms with Crippen molar-refractivity contribution in [2.75, 3.05) is 13.6 Å². The Labute approximate surface area is 117 Å². The van der Waals surface area contributed by atoms with Crippen molar-refractivity contribution < 1.29 is 4.79 Å². The van der Waals surface area contributed by atoms with Crippen molar-refractivity contribution in [3.63, 3.8) is 0 Å². The highest BCUT2D eigenvalue weighted by Crippen LogP contribution is 2.26. The number of ketones is 1. The third kappa shape index (κ3) is 2.24. The molecule has 3 nitrogen and oxygen atoms in total. The highest BCUT2D eigenvalue weighted by atomic mass is 16.1. The predicted molar refractivity (Wildman–Crippen MR) is 82.0 cm³/mol. The van der Waals surface area contributed by atoms with E-state index in [2.05, 4.69) is 34.6 Å². The van der Waals surface area contributed by atoms with E-state index >= 15 is 0 Å². The van der Waals surface area contributed by atoms with Crippen LogP contribution in [0.1, 0.15) is 10.4 Å². The summed E-state index contributed by atoms with van der Waals surface area (Å²) in [6.45, 7) is 0.350. The van der Waals surface area contributed by atoms with Gasteiger partial charge in [-0.2, -0.15) is 0 Å². The van der Waals surface area contributed by atoms with Gasteiger partial charge in [-0.25, -0.2) is 0 Å². The van der Waals surface area contributed by atoms with Crippen LogP contribution in [0.3, 0.4) is 0 Å². The van der Waals surface area contributed by atoms with Crippen molar-refractivity contribution in [1.29, 1.82) is 0 Å². The molecule has 1 heterocycles. The van der Waals surface area contributed by atoms with Gasteiger partial charge in [0, 0.05) is 22.7 Å². The van der Waals surface area contributed by atoms with E-state index in [1.54, 1.807) is 13.2 Å². The number of aromatic nitrogens is 1. The smallest absolute Gasteiger partial charge is 0.178 e. The first kappa shape index (κ1) is 12.6. The number of benzene rings is 2. The molecule has 0 saturated heterocycles. The molecule has 1 aromatic heterocycles. The zero-order valence-corrected chi connectivity index (χ0v) is 11.3. The highest BCUT2D eigenvalue weighted by molar-refractivity contribution is 6.09. The number of rotatable bonds is 4. The standard InChI is InChI=1S/C17H16N2O/c1-18-11-17(20)15-10-19-16-8-7-13(9-14(15)16)12-5-3-2-4-6-12/h2-10,18-19H,11H2,1H3. The lowest BCUT2D eigenvalue weighted by Crippen LogP contribution is -2.18. The van der Waals surface area contributed by atoms with E-state index in [1.165, 1.54) is 0 Å². The minimum absolute atomic E-state index is 0.101. The zero-order chi connectivity index (χ0) is 13.9. The number of hydrogen-bond acceptors (Lipinski definition) is 2. The van der Waals surface area contributed by atoms with Crippen LogP contribution < -0.4 is 5.32 Å². The van der Waals surface area contributed by atoms with E-state index in [0.29, 0.717) is 6.54 Å². The summed E-state index contributed by atoms with van der Waals surface area (Å²) in [5.74, 6) is 0.101. The third-order valence-electron chi connectivity index (χ3n) is 3.43. The van der Waals surface area contributed by atoms with Gasteiger partial charge in [-0.15, -0.1) is 0 Å². The number of hydrogen-bond donors (Lipinski definition) is 2. The average Bonchev–Trinajstić information content (AvgIpc) is 2.91. The lowest BCUT2D eigenvalue weighted by atomic mass is 10.0. The van der Waals surface area contributed by atoms with Crippen LogP contribution in [0.5, 0.6) is 0 Å². The molecule has 0 radical (unpaired) electrons. The van der Waals surface area contributed by atoms with Crippen LogP contribution in [0, 0.1) is 0 Å². The molecule has 20 heavy (non-hydrogen) atoms. The number of Topliss-reactive ketones (excluding diaryl/α,β-unsaturated/α-hetero) is 1. The second-order valence-corrected chi connectivity index (χ2v) is 4.78. The molecule has 0 unspecified atom stereocenters. The summed E-state index contributed by atoms with van der Waals surface area (Å²) in [7, 11) is 1.78. The maximum Gasteiger partial charge on any atom is 0.178 e. The Hall–Kier alpha value is -2.39. The fourth-order valence-corrected chi connectivity index (χ4v) is 2.42. The highest BCUT2D eigenvalue weighted by Gasteiger charge is 2.11. The summed E-state index contributed by atoms with van der Waals surface area (Å²) in [6, 6.07) is 16.3. The van der Waals surface area contributed by atoms with Crippen molar-refractivity contribution in [3.8, 4) is 11.1 Å². The lowest BCUT2D eigenvalue weighted by Gasteiger charge is -2.03. The van der Waals surface area contributed by atoms with Gasteiger partial charge < -0.3 is 10.3 Å². The first-order valence-electron chi connectivity index (χ1n) is 6.64. The van der Waals surface area contributed by atoms with Crippen LogP contribution in [0.2, 0.25) is 0 Å². The van der Waals surface area contributed by atoms with Gasteiger partial charge in [-0.3, -0.25) is 4.79 Å². The summed E-state index contributed by atoms with van der Waals surface area (Å²) in [6.07, 6.45) is 1.79. The SMILES string of the molecule is CNCC(=O)c1c[nH]c2ccc(-c3ccccc3)cc12. The fourth-order valence-electron chi connectivity index (χ4n) is 2.42. The van der Waals surface area contributed by atoms with E-state index in [9.17, 15) is 4.79 Å². The number of nitrogens with one attached hydrogen (secondary N) is 2. The Bertz CT molecular complexity index is 744. The molecular formula is C17H16N2O. The largest absolute Gasteiger partial charge is 0.360 e. The molecule has 0 spiro atoms. The second-order valence-electron chi connectivity index (χ2n) is 4.78. The average molecular weight is 264 g/mol.